The number of nitrogens with one attached hydrogen (secondary N) is 2. The highest BCUT2D eigenvalue weighted by molar-refractivity contribution is 5.79. The lowest BCUT2D eigenvalue weighted by Gasteiger charge is -2.14. The molecule has 0 fully saturated rings. The summed E-state index contributed by atoms with van der Waals surface area (Å²) in [6.07, 6.45) is 3.61. The van der Waals surface area contributed by atoms with E-state index in [1.54, 1.807) is 0 Å². The summed E-state index contributed by atoms with van der Waals surface area (Å²) in [7, 11) is 0. The molecule has 0 bridgehead atoms. The van der Waals surface area contributed by atoms with Gasteiger partial charge in [0, 0.05) is 24.5 Å². The van der Waals surface area contributed by atoms with Crippen LogP contribution < -0.4 is 15.4 Å². The van der Waals surface area contributed by atoms with Crippen LogP contribution in [0.3, 0.4) is 0 Å². The lowest BCUT2D eigenvalue weighted by Crippen LogP contribution is -2.37. The number of hydrogen-bond donors (Lipinski definition) is 2. The predicted octanol–water partition coefficient (Wildman–Crippen LogP) is 4.27. The normalized spacial score (nSPS) is 11.9. The molecule has 0 saturated carbocycles. The van der Waals surface area contributed by atoms with Gasteiger partial charge in [-0.1, -0.05) is 26.0 Å². The van der Waals surface area contributed by atoms with E-state index >= 15 is 0 Å². The number of ether oxygens (including phenoxy) is 1. The zero-order valence-electron chi connectivity index (χ0n) is 17.6. The number of rotatable bonds is 10. The highest BCUT2D eigenvalue weighted by Crippen LogP contribution is 2.22. The first-order valence-corrected chi connectivity index (χ1v) is 9.95. The maximum Gasteiger partial charge on any atom is 0.319 e. The molecule has 0 atom stereocenters. The van der Waals surface area contributed by atoms with Crippen LogP contribution in [0.15, 0.2) is 35.6 Å². The van der Waals surface area contributed by atoms with Crippen molar-refractivity contribution in [2.45, 2.75) is 53.8 Å². The van der Waals surface area contributed by atoms with Gasteiger partial charge in [0.15, 0.2) is 5.96 Å². The van der Waals surface area contributed by atoms with Gasteiger partial charge in [-0.2, -0.15) is 8.78 Å². The third-order valence-corrected chi connectivity index (χ3v) is 4.30. The molecule has 2 rings (SSSR count). The molecule has 0 spiro atoms. The van der Waals surface area contributed by atoms with Gasteiger partial charge in [-0.05, 0) is 37.8 Å². The van der Waals surface area contributed by atoms with Crippen molar-refractivity contribution in [1.29, 1.82) is 0 Å². The molecule has 29 heavy (non-hydrogen) atoms. The Morgan fingerprint density at radius 3 is 2.76 bits per heavy atom. The van der Waals surface area contributed by atoms with Crippen molar-refractivity contribution in [2.75, 3.05) is 13.2 Å². The van der Waals surface area contributed by atoms with Crippen molar-refractivity contribution in [3.8, 4) is 5.75 Å². The van der Waals surface area contributed by atoms with E-state index in [4.69, 9.17) is 4.74 Å². The van der Waals surface area contributed by atoms with Crippen molar-refractivity contribution < 1.29 is 13.5 Å². The Labute approximate surface area is 171 Å². The first-order valence-electron chi connectivity index (χ1n) is 9.95. The van der Waals surface area contributed by atoms with E-state index in [0.29, 0.717) is 31.6 Å². The second kappa shape index (κ2) is 11.4. The summed E-state index contributed by atoms with van der Waals surface area (Å²) in [4.78, 5) is 8.56. The number of guanidine groups is 1. The Morgan fingerprint density at radius 1 is 1.28 bits per heavy atom. The molecule has 160 valence electrons. The minimum Gasteiger partial charge on any atom is -0.493 e. The summed E-state index contributed by atoms with van der Waals surface area (Å²) >= 11 is 0. The topological polar surface area (TPSA) is 63.5 Å². The molecular formula is C21H31F2N5O. The first kappa shape index (κ1) is 22.6. The highest BCUT2D eigenvalue weighted by Gasteiger charge is 2.12. The molecule has 1 heterocycles. The van der Waals surface area contributed by atoms with Crippen LogP contribution in [0, 0.1) is 12.8 Å². The number of benzene rings is 1. The number of aryl methyl sites for hydroxylation is 1. The van der Waals surface area contributed by atoms with Gasteiger partial charge in [0.2, 0.25) is 0 Å². The number of aromatic nitrogens is 2. The van der Waals surface area contributed by atoms with Gasteiger partial charge in [0.1, 0.15) is 11.6 Å². The van der Waals surface area contributed by atoms with Crippen LogP contribution in [-0.4, -0.2) is 28.7 Å². The van der Waals surface area contributed by atoms with E-state index in [1.165, 1.54) is 12.4 Å². The predicted molar refractivity (Wildman–Crippen MR) is 111 cm³/mol. The summed E-state index contributed by atoms with van der Waals surface area (Å²) in [5.41, 5.74) is 2.10. The zero-order valence-corrected chi connectivity index (χ0v) is 17.6. The summed E-state index contributed by atoms with van der Waals surface area (Å²) in [6.45, 7) is 7.56. The molecule has 6 nitrogen and oxygen atoms in total. The highest BCUT2D eigenvalue weighted by atomic mass is 19.3. The van der Waals surface area contributed by atoms with E-state index in [9.17, 15) is 8.78 Å². The number of halogens is 2. The number of nitrogens with zero attached hydrogens (tertiary/aromatic N) is 3. The van der Waals surface area contributed by atoms with Crippen molar-refractivity contribution in [1.82, 2.24) is 20.2 Å². The fourth-order valence-electron chi connectivity index (χ4n) is 2.66. The van der Waals surface area contributed by atoms with Gasteiger partial charge in [-0.15, -0.1) is 0 Å². The fourth-order valence-corrected chi connectivity index (χ4v) is 2.66. The molecule has 1 aromatic carbocycles. The van der Waals surface area contributed by atoms with Crippen LogP contribution in [0.5, 0.6) is 5.75 Å². The van der Waals surface area contributed by atoms with Crippen molar-refractivity contribution in [3.05, 3.63) is 47.5 Å². The van der Waals surface area contributed by atoms with Crippen LogP contribution in [0.1, 0.15) is 50.7 Å². The van der Waals surface area contributed by atoms with Gasteiger partial charge in [0.25, 0.3) is 0 Å². The van der Waals surface area contributed by atoms with Crippen LogP contribution in [0.2, 0.25) is 0 Å². The lowest BCUT2D eigenvalue weighted by molar-refractivity contribution is 0.0668. The Bertz CT molecular complexity index is 789. The Hall–Kier alpha value is -2.64. The second-order valence-electron chi connectivity index (χ2n) is 7.22. The van der Waals surface area contributed by atoms with E-state index in [2.05, 4.69) is 34.5 Å². The van der Waals surface area contributed by atoms with Crippen molar-refractivity contribution in [2.24, 2.45) is 10.9 Å². The van der Waals surface area contributed by atoms with Crippen molar-refractivity contribution in [3.63, 3.8) is 0 Å². The lowest BCUT2D eigenvalue weighted by atomic mass is 10.1. The molecule has 0 aliphatic heterocycles. The van der Waals surface area contributed by atoms with E-state index in [1.807, 2.05) is 32.0 Å². The molecule has 2 aromatic rings. The monoisotopic (exact) mass is 407 g/mol. The molecule has 0 amide bonds. The first-order chi connectivity index (χ1) is 13.9. The maximum absolute atomic E-state index is 13.0. The summed E-state index contributed by atoms with van der Waals surface area (Å²) in [5.74, 6) is 2.19. The molecule has 8 heteroatoms. The fraction of sp³-hybridized carbons (Fsp3) is 0.524. The molecule has 1 aromatic heterocycles. The number of aliphatic imine (C=N–C) groups is 1. The maximum atomic E-state index is 13.0. The number of alkyl halides is 2. The molecule has 0 aliphatic rings. The van der Waals surface area contributed by atoms with Crippen LogP contribution in [0.25, 0.3) is 0 Å². The Kier molecular flexibility index (Phi) is 8.89. The summed E-state index contributed by atoms with van der Waals surface area (Å²) in [6, 6.07) is 6.06. The minimum atomic E-state index is -2.62. The second-order valence-corrected chi connectivity index (χ2v) is 7.22. The average Bonchev–Trinajstić information content (AvgIpc) is 3.14. The van der Waals surface area contributed by atoms with Gasteiger partial charge < -0.3 is 15.4 Å². The molecule has 2 N–H and O–H groups in total. The Balaban J connectivity index is 2.06. The SMILES string of the molecule is CCNC(=NCc1ccc(C)cc1OCCC(C)C)NCc1nccn1C(F)F. The summed E-state index contributed by atoms with van der Waals surface area (Å²) in [5, 5.41) is 6.19. The summed E-state index contributed by atoms with van der Waals surface area (Å²) < 4.78 is 32.7. The third-order valence-electron chi connectivity index (χ3n) is 4.30. The van der Waals surface area contributed by atoms with E-state index in [-0.39, 0.29) is 12.4 Å². The standard InChI is InChI=1S/C21H31F2N5O/c1-5-24-21(27-14-19-25-9-10-28(19)20(22)23)26-13-17-7-6-16(4)12-18(17)29-11-8-15(2)3/h6-7,9-10,12,15,20H,5,8,11,13-14H2,1-4H3,(H2,24,26,27). The number of imidazole rings is 1. The Morgan fingerprint density at radius 2 is 2.07 bits per heavy atom. The smallest absolute Gasteiger partial charge is 0.319 e. The molecular weight excluding hydrogens is 376 g/mol. The van der Waals surface area contributed by atoms with Crippen LogP contribution >= 0.6 is 0 Å². The van der Waals surface area contributed by atoms with Crippen LogP contribution in [0.4, 0.5) is 8.78 Å². The molecule has 0 radical (unpaired) electrons. The zero-order chi connectivity index (χ0) is 21.2. The van der Waals surface area contributed by atoms with Gasteiger partial charge in [0.05, 0.1) is 19.7 Å². The number of hydrogen-bond acceptors (Lipinski definition) is 3. The van der Waals surface area contributed by atoms with Gasteiger partial charge in [-0.3, -0.25) is 4.57 Å². The molecule has 0 saturated heterocycles. The van der Waals surface area contributed by atoms with Crippen LogP contribution in [-0.2, 0) is 13.1 Å². The molecule has 0 unspecified atom stereocenters. The van der Waals surface area contributed by atoms with Gasteiger partial charge >= 0.3 is 6.55 Å². The van der Waals surface area contributed by atoms with Crippen molar-refractivity contribution >= 4 is 5.96 Å². The van der Waals surface area contributed by atoms with Gasteiger partial charge in [-0.25, -0.2) is 9.98 Å². The minimum absolute atomic E-state index is 0.148. The largest absolute Gasteiger partial charge is 0.493 e. The molecule has 0 aliphatic carbocycles. The van der Waals surface area contributed by atoms with E-state index in [0.717, 1.165) is 27.9 Å². The quantitative estimate of drug-likeness (QED) is 0.456. The average molecular weight is 408 g/mol. The third kappa shape index (κ3) is 7.36. The van der Waals surface area contributed by atoms with E-state index < -0.39 is 6.55 Å².